The largest absolute Gasteiger partial charge is 0.496 e. The van der Waals surface area contributed by atoms with Gasteiger partial charge < -0.3 is 23.8 Å². The summed E-state index contributed by atoms with van der Waals surface area (Å²) in [6.07, 6.45) is 3.32. The number of pyridine rings is 1. The lowest BCUT2D eigenvalue weighted by Crippen LogP contribution is -2.16. The monoisotopic (exact) mass is 394 g/mol. The molecule has 2 rings (SSSR count). The number of benzene rings is 1. The molecule has 1 heterocycles. The Labute approximate surface area is 160 Å². The quantitative estimate of drug-likeness (QED) is 0.581. The van der Waals surface area contributed by atoms with Crippen LogP contribution in [-0.2, 0) is 13.6 Å². The van der Waals surface area contributed by atoms with Gasteiger partial charge in [-0.15, -0.1) is 0 Å². The van der Waals surface area contributed by atoms with Crippen molar-refractivity contribution in [2.45, 2.75) is 26.6 Å². The number of anilines is 1. The molecular weight excluding hydrogens is 367 g/mol. The third-order valence-corrected chi connectivity index (χ3v) is 6.29. The first-order chi connectivity index (χ1) is 13.0. The van der Waals surface area contributed by atoms with E-state index in [0.717, 1.165) is 5.56 Å². The number of ether oxygens (including phenoxy) is 2. The highest BCUT2D eigenvalue weighted by atomic mass is 31.2. The van der Waals surface area contributed by atoms with Crippen LogP contribution in [0.25, 0.3) is 0 Å². The van der Waals surface area contributed by atoms with Crippen molar-refractivity contribution >= 4 is 13.3 Å². The van der Waals surface area contributed by atoms with Crippen molar-refractivity contribution in [1.82, 2.24) is 4.98 Å². The lowest BCUT2D eigenvalue weighted by molar-refractivity contribution is 0.214. The van der Waals surface area contributed by atoms with E-state index < -0.39 is 13.4 Å². The maximum Gasteiger partial charge on any atom is 0.357 e. The van der Waals surface area contributed by atoms with Crippen LogP contribution in [0.1, 0.15) is 30.8 Å². The van der Waals surface area contributed by atoms with Gasteiger partial charge in [-0.05, 0) is 50.6 Å². The SMILES string of the molecule is CCOP(=O)(OCC)C(Nc1cccnc1)c1cc(OC)c(C)c(OC)c1. The molecule has 1 unspecified atom stereocenters. The van der Waals surface area contributed by atoms with E-state index in [-0.39, 0.29) is 13.2 Å². The fourth-order valence-corrected chi connectivity index (χ4v) is 4.68. The van der Waals surface area contributed by atoms with Crippen molar-refractivity contribution in [3.8, 4) is 11.5 Å². The van der Waals surface area contributed by atoms with Crippen LogP contribution in [0, 0.1) is 6.92 Å². The van der Waals surface area contributed by atoms with Crippen LogP contribution in [0.3, 0.4) is 0 Å². The molecule has 1 N–H and O–H groups in total. The Morgan fingerprint density at radius 3 is 2.15 bits per heavy atom. The molecule has 148 valence electrons. The molecule has 0 fully saturated rings. The van der Waals surface area contributed by atoms with Crippen LogP contribution in [0.5, 0.6) is 11.5 Å². The van der Waals surface area contributed by atoms with Crippen molar-refractivity contribution < 1.29 is 23.1 Å². The molecule has 8 heteroatoms. The van der Waals surface area contributed by atoms with Gasteiger partial charge in [0.05, 0.1) is 33.1 Å². The third kappa shape index (κ3) is 5.01. The van der Waals surface area contributed by atoms with E-state index in [1.54, 1.807) is 46.5 Å². The summed E-state index contributed by atoms with van der Waals surface area (Å²) in [6, 6.07) is 7.26. The number of hydrogen-bond acceptors (Lipinski definition) is 7. The van der Waals surface area contributed by atoms with E-state index in [4.69, 9.17) is 18.5 Å². The molecule has 0 spiro atoms. The van der Waals surface area contributed by atoms with E-state index >= 15 is 0 Å². The van der Waals surface area contributed by atoms with Crippen LogP contribution in [0.4, 0.5) is 5.69 Å². The van der Waals surface area contributed by atoms with Crippen LogP contribution in [-0.4, -0.2) is 32.4 Å². The summed E-state index contributed by atoms with van der Waals surface area (Å²) in [4.78, 5) is 4.10. The summed E-state index contributed by atoms with van der Waals surface area (Å²) in [6.45, 7) is 5.97. The molecule has 0 aliphatic heterocycles. The highest BCUT2D eigenvalue weighted by Crippen LogP contribution is 2.61. The van der Waals surface area contributed by atoms with Gasteiger partial charge in [0.25, 0.3) is 0 Å². The van der Waals surface area contributed by atoms with Gasteiger partial charge in [-0.1, -0.05) is 0 Å². The number of nitrogens with zero attached hydrogens (tertiary/aromatic N) is 1. The van der Waals surface area contributed by atoms with Crippen LogP contribution >= 0.6 is 7.60 Å². The van der Waals surface area contributed by atoms with Gasteiger partial charge in [0.1, 0.15) is 11.5 Å². The number of aromatic nitrogens is 1. The zero-order valence-corrected chi connectivity index (χ0v) is 17.3. The van der Waals surface area contributed by atoms with E-state index in [1.807, 2.05) is 25.1 Å². The summed E-state index contributed by atoms with van der Waals surface area (Å²) in [5.41, 5.74) is 2.22. The first-order valence-corrected chi connectivity index (χ1v) is 10.4. The van der Waals surface area contributed by atoms with Crippen molar-refractivity contribution in [3.05, 3.63) is 47.8 Å². The van der Waals surface area contributed by atoms with Gasteiger partial charge in [0.15, 0.2) is 5.78 Å². The summed E-state index contributed by atoms with van der Waals surface area (Å²) < 4.78 is 35.7. The molecule has 0 aliphatic rings. The molecule has 0 amide bonds. The van der Waals surface area contributed by atoms with Crippen molar-refractivity contribution in [1.29, 1.82) is 0 Å². The van der Waals surface area contributed by atoms with Crippen molar-refractivity contribution in [2.24, 2.45) is 0 Å². The minimum absolute atomic E-state index is 0.253. The Bertz CT molecular complexity index is 750. The zero-order chi connectivity index (χ0) is 19.9. The van der Waals surface area contributed by atoms with E-state index in [0.29, 0.717) is 22.7 Å². The van der Waals surface area contributed by atoms with Gasteiger partial charge in [-0.3, -0.25) is 9.55 Å². The van der Waals surface area contributed by atoms with Gasteiger partial charge in [0, 0.05) is 18.0 Å². The summed E-state index contributed by atoms with van der Waals surface area (Å²) in [5, 5.41) is 3.24. The fraction of sp³-hybridized carbons (Fsp3) is 0.421. The Kier molecular flexibility index (Phi) is 7.66. The predicted molar refractivity (Wildman–Crippen MR) is 106 cm³/mol. The molecule has 1 aromatic heterocycles. The topological polar surface area (TPSA) is 78.9 Å². The molecular formula is C19H27N2O5P. The summed E-state index contributed by atoms with van der Waals surface area (Å²) >= 11 is 0. The Morgan fingerprint density at radius 1 is 1.11 bits per heavy atom. The van der Waals surface area contributed by atoms with Gasteiger partial charge >= 0.3 is 7.60 Å². The Balaban J connectivity index is 2.59. The molecule has 0 aliphatic carbocycles. The van der Waals surface area contributed by atoms with Gasteiger partial charge in [-0.2, -0.15) is 0 Å². The normalized spacial score (nSPS) is 12.5. The molecule has 7 nitrogen and oxygen atoms in total. The van der Waals surface area contributed by atoms with Crippen LogP contribution in [0.15, 0.2) is 36.7 Å². The number of hydrogen-bond donors (Lipinski definition) is 1. The van der Waals surface area contributed by atoms with E-state index in [1.165, 1.54) is 0 Å². The number of rotatable bonds is 10. The third-order valence-electron chi connectivity index (χ3n) is 3.99. The first kappa shape index (κ1) is 21.2. The fourth-order valence-electron chi connectivity index (χ4n) is 2.76. The Morgan fingerprint density at radius 2 is 1.70 bits per heavy atom. The maximum atomic E-state index is 13.6. The molecule has 1 atom stereocenters. The smallest absolute Gasteiger partial charge is 0.357 e. The van der Waals surface area contributed by atoms with Crippen LogP contribution < -0.4 is 14.8 Å². The van der Waals surface area contributed by atoms with E-state index in [2.05, 4.69) is 10.3 Å². The second-order valence-corrected chi connectivity index (χ2v) is 7.83. The highest BCUT2D eigenvalue weighted by Gasteiger charge is 2.38. The van der Waals surface area contributed by atoms with Gasteiger partial charge in [-0.25, -0.2) is 0 Å². The minimum Gasteiger partial charge on any atom is -0.496 e. The van der Waals surface area contributed by atoms with E-state index in [9.17, 15) is 4.57 Å². The average Bonchev–Trinajstić information content (AvgIpc) is 2.67. The second kappa shape index (κ2) is 9.74. The lowest BCUT2D eigenvalue weighted by Gasteiger charge is -2.29. The predicted octanol–water partition coefficient (Wildman–Crippen LogP) is 4.78. The Hall–Kier alpha value is -2.08. The van der Waals surface area contributed by atoms with Crippen LogP contribution in [0.2, 0.25) is 0 Å². The zero-order valence-electron chi connectivity index (χ0n) is 16.4. The second-order valence-electron chi connectivity index (χ2n) is 5.71. The summed E-state index contributed by atoms with van der Waals surface area (Å²) in [7, 11) is -0.376. The molecule has 0 bridgehead atoms. The molecule has 1 aromatic carbocycles. The standard InChI is InChI=1S/C19H27N2O5P/c1-6-25-27(22,26-7-2)19(21-16-9-8-10-20-13-16)15-11-17(23-4)14(3)18(12-15)24-5/h8-13,19,21H,6-7H2,1-5H3. The minimum atomic E-state index is -3.54. The van der Waals surface area contributed by atoms with Gasteiger partial charge in [0.2, 0.25) is 0 Å². The first-order valence-electron chi connectivity index (χ1n) is 8.76. The highest BCUT2D eigenvalue weighted by molar-refractivity contribution is 7.54. The molecule has 0 saturated heterocycles. The number of nitrogens with one attached hydrogen (secondary N) is 1. The van der Waals surface area contributed by atoms with Crippen molar-refractivity contribution in [3.63, 3.8) is 0 Å². The van der Waals surface area contributed by atoms with Crippen molar-refractivity contribution in [2.75, 3.05) is 32.8 Å². The molecule has 0 radical (unpaired) electrons. The summed E-state index contributed by atoms with van der Waals surface area (Å²) in [5.74, 6) is 0.494. The number of methoxy groups -OCH3 is 2. The lowest BCUT2D eigenvalue weighted by atomic mass is 10.1. The molecule has 27 heavy (non-hydrogen) atoms. The average molecular weight is 394 g/mol. The molecule has 2 aromatic rings. The molecule has 0 saturated carbocycles. The maximum absolute atomic E-state index is 13.6.